The predicted molar refractivity (Wildman–Crippen MR) is 66.8 cm³/mol. The minimum absolute atomic E-state index is 0.528. The molecule has 1 N–H and O–H groups in total. The lowest BCUT2D eigenvalue weighted by atomic mass is 10.1. The summed E-state index contributed by atoms with van der Waals surface area (Å²) in [5.41, 5.74) is 3.22. The Balaban J connectivity index is 2.52. The molecule has 0 aliphatic rings. The molecule has 1 aromatic carbocycles. The van der Waals surface area contributed by atoms with Crippen molar-refractivity contribution in [3.63, 3.8) is 0 Å². The number of rotatable bonds is 4. The third kappa shape index (κ3) is 2.12. The summed E-state index contributed by atoms with van der Waals surface area (Å²) in [7, 11) is 0. The Kier molecular flexibility index (Phi) is 3.30. The fourth-order valence-electron chi connectivity index (χ4n) is 1.89. The zero-order valence-electron chi connectivity index (χ0n) is 8.92. The number of aldehydes is 1. The molecule has 1 heterocycles. The monoisotopic (exact) mass is 234 g/mol. The van der Waals surface area contributed by atoms with E-state index in [0.717, 1.165) is 41.3 Å². The number of hydrogen-bond acceptors (Lipinski definition) is 1. The zero-order chi connectivity index (χ0) is 11.5. The number of carbonyl (C=O) groups is 1. The van der Waals surface area contributed by atoms with Gasteiger partial charge in [-0.1, -0.05) is 11.6 Å². The number of aromatic nitrogens is 1. The van der Waals surface area contributed by atoms with Crippen LogP contribution in [0.2, 0.25) is 5.02 Å². The standard InChI is InChI=1S/C13H13ClNO/c1-2-11-8-12-9(4-3-5-16)6-10(14)7-13(12)15-11/h5-8,15H,1-4H2. The molecule has 0 unspecified atom stereocenters. The van der Waals surface area contributed by atoms with Gasteiger partial charge in [0.25, 0.3) is 0 Å². The van der Waals surface area contributed by atoms with Crippen LogP contribution in [0.3, 0.4) is 0 Å². The summed E-state index contributed by atoms with van der Waals surface area (Å²) in [6.07, 6.45) is 2.91. The number of aryl methyl sites for hydroxylation is 1. The molecule has 0 atom stereocenters. The topological polar surface area (TPSA) is 32.9 Å². The first-order valence-corrected chi connectivity index (χ1v) is 5.65. The molecule has 1 radical (unpaired) electrons. The van der Waals surface area contributed by atoms with Crippen molar-refractivity contribution in [2.45, 2.75) is 19.3 Å². The van der Waals surface area contributed by atoms with E-state index in [4.69, 9.17) is 11.6 Å². The summed E-state index contributed by atoms with van der Waals surface area (Å²) in [5.74, 6) is 0. The van der Waals surface area contributed by atoms with Crippen LogP contribution in [0.1, 0.15) is 17.7 Å². The normalized spacial score (nSPS) is 10.9. The Morgan fingerprint density at radius 1 is 1.38 bits per heavy atom. The summed E-state index contributed by atoms with van der Waals surface area (Å²) in [5, 5.41) is 1.84. The van der Waals surface area contributed by atoms with Gasteiger partial charge in [-0.15, -0.1) is 0 Å². The lowest BCUT2D eigenvalue weighted by Gasteiger charge is -2.01. The zero-order valence-corrected chi connectivity index (χ0v) is 9.68. The fourth-order valence-corrected chi connectivity index (χ4v) is 2.13. The maximum Gasteiger partial charge on any atom is 0.120 e. The highest BCUT2D eigenvalue weighted by atomic mass is 35.5. The average Bonchev–Trinajstić information content (AvgIpc) is 2.68. The SMILES string of the molecule is [CH2]Cc1cc2c(CCC=O)cc(Cl)cc2[nH]1. The highest BCUT2D eigenvalue weighted by Gasteiger charge is 2.06. The van der Waals surface area contributed by atoms with E-state index in [1.54, 1.807) is 0 Å². The molecule has 0 saturated heterocycles. The summed E-state index contributed by atoms with van der Waals surface area (Å²) < 4.78 is 0. The number of halogens is 1. The second-order valence-corrected chi connectivity index (χ2v) is 4.21. The largest absolute Gasteiger partial charge is 0.358 e. The number of H-pyrrole nitrogens is 1. The average molecular weight is 235 g/mol. The van der Waals surface area contributed by atoms with Gasteiger partial charge in [-0.05, 0) is 43.5 Å². The van der Waals surface area contributed by atoms with Crippen molar-refractivity contribution in [1.82, 2.24) is 4.98 Å². The first kappa shape index (κ1) is 11.2. The van der Waals surface area contributed by atoms with E-state index in [-0.39, 0.29) is 0 Å². The first-order valence-electron chi connectivity index (χ1n) is 5.27. The van der Waals surface area contributed by atoms with Crippen LogP contribution in [0.4, 0.5) is 0 Å². The van der Waals surface area contributed by atoms with Gasteiger partial charge in [0, 0.05) is 28.0 Å². The molecular weight excluding hydrogens is 222 g/mol. The second kappa shape index (κ2) is 4.71. The number of nitrogens with one attached hydrogen (secondary N) is 1. The second-order valence-electron chi connectivity index (χ2n) is 3.78. The Morgan fingerprint density at radius 2 is 2.19 bits per heavy atom. The van der Waals surface area contributed by atoms with Gasteiger partial charge in [0.2, 0.25) is 0 Å². The van der Waals surface area contributed by atoms with Gasteiger partial charge in [0.1, 0.15) is 6.29 Å². The summed E-state index contributed by atoms with van der Waals surface area (Å²) in [6, 6.07) is 5.91. The van der Waals surface area contributed by atoms with Gasteiger partial charge in [0.15, 0.2) is 0 Å². The van der Waals surface area contributed by atoms with Crippen molar-refractivity contribution in [3.05, 3.63) is 41.4 Å². The highest BCUT2D eigenvalue weighted by molar-refractivity contribution is 6.31. The van der Waals surface area contributed by atoms with Crippen molar-refractivity contribution in [3.8, 4) is 0 Å². The van der Waals surface area contributed by atoms with Crippen LogP contribution in [-0.2, 0) is 17.6 Å². The van der Waals surface area contributed by atoms with Crippen LogP contribution in [0.15, 0.2) is 18.2 Å². The first-order chi connectivity index (χ1) is 7.74. The van der Waals surface area contributed by atoms with Crippen LogP contribution in [-0.4, -0.2) is 11.3 Å². The predicted octanol–water partition coefficient (Wildman–Crippen LogP) is 3.33. The van der Waals surface area contributed by atoms with Crippen LogP contribution >= 0.6 is 11.6 Å². The Hall–Kier alpha value is -1.28. The van der Waals surface area contributed by atoms with Gasteiger partial charge in [-0.3, -0.25) is 0 Å². The molecule has 0 saturated carbocycles. The molecule has 2 rings (SSSR count). The highest BCUT2D eigenvalue weighted by Crippen LogP contribution is 2.25. The number of fused-ring (bicyclic) bond motifs is 1. The lowest BCUT2D eigenvalue weighted by molar-refractivity contribution is -0.107. The van der Waals surface area contributed by atoms with E-state index in [0.29, 0.717) is 11.4 Å². The molecule has 2 nitrogen and oxygen atoms in total. The molecule has 16 heavy (non-hydrogen) atoms. The molecular formula is C13H13ClNO. The van der Waals surface area contributed by atoms with Crippen LogP contribution in [0.25, 0.3) is 10.9 Å². The van der Waals surface area contributed by atoms with Crippen molar-refractivity contribution < 1.29 is 4.79 Å². The van der Waals surface area contributed by atoms with E-state index in [2.05, 4.69) is 18.0 Å². The smallest absolute Gasteiger partial charge is 0.120 e. The number of benzene rings is 1. The summed E-state index contributed by atoms with van der Waals surface area (Å²) >= 11 is 6.03. The molecule has 2 aromatic rings. The Labute approximate surface area is 99.6 Å². The molecule has 83 valence electrons. The van der Waals surface area contributed by atoms with Gasteiger partial charge in [-0.25, -0.2) is 0 Å². The van der Waals surface area contributed by atoms with Crippen LogP contribution < -0.4 is 0 Å². The molecule has 0 bridgehead atoms. The van der Waals surface area contributed by atoms with Gasteiger partial charge in [-0.2, -0.15) is 0 Å². The molecule has 1 aromatic heterocycles. The maximum atomic E-state index is 10.4. The van der Waals surface area contributed by atoms with Gasteiger partial charge in [0.05, 0.1) is 0 Å². The van der Waals surface area contributed by atoms with Crippen LogP contribution in [0.5, 0.6) is 0 Å². The molecule has 0 fully saturated rings. The number of carbonyl (C=O) groups excluding carboxylic acids is 1. The van der Waals surface area contributed by atoms with Crippen molar-refractivity contribution in [2.75, 3.05) is 0 Å². The fraction of sp³-hybridized carbons (Fsp3) is 0.231. The molecule has 0 aliphatic carbocycles. The lowest BCUT2D eigenvalue weighted by Crippen LogP contribution is -1.87. The van der Waals surface area contributed by atoms with Gasteiger partial charge >= 0.3 is 0 Å². The molecule has 0 amide bonds. The minimum atomic E-state index is 0.528. The minimum Gasteiger partial charge on any atom is -0.358 e. The van der Waals surface area contributed by atoms with Crippen molar-refractivity contribution in [1.29, 1.82) is 0 Å². The third-order valence-electron chi connectivity index (χ3n) is 2.65. The molecule has 3 heteroatoms. The van der Waals surface area contributed by atoms with Gasteiger partial charge < -0.3 is 9.78 Å². The van der Waals surface area contributed by atoms with Crippen molar-refractivity contribution in [2.24, 2.45) is 0 Å². The Bertz CT molecular complexity index is 516. The maximum absolute atomic E-state index is 10.4. The molecule has 0 aliphatic heterocycles. The summed E-state index contributed by atoms with van der Waals surface area (Å²) in [4.78, 5) is 13.7. The number of hydrogen-bond donors (Lipinski definition) is 1. The van der Waals surface area contributed by atoms with Crippen LogP contribution in [0, 0.1) is 6.92 Å². The molecule has 0 spiro atoms. The van der Waals surface area contributed by atoms with E-state index < -0.39 is 0 Å². The number of aromatic amines is 1. The Morgan fingerprint density at radius 3 is 2.88 bits per heavy atom. The van der Waals surface area contributed by atoms with E-state index in [1.807, 2.05) is 12.1 Å². The quantitative estimate of drug-likeness (QED) is 0.809. The van der Waals surface area contributed by atoms with E-state index >= 15 is 0 Å². The van der Waals surface area contributed by atoms with Crippen molar-refractivity contribution >= 4 is 28.8 Å². The van der Waals surface area contributed by atoms with E-state index in [1.165, 1.54) is 0 Å². The third-order valence-corrected chi connectivity index (χ3v) is 2.86. The van der Waals surface area contributed by atoms with E-state index in [9.17, 15) is 4.79 Å². The summed E-state index contributed by atoms with van der Waals surface area (Å²) in [6.45, 7) is 3.85.